The Bertz CT molecular complexity index is 2180. The largest absolute Gasteiger partial charge is 0.356 e. The van der Waals surface area contributed by atoms with E-state index in [1.807, 2.05) is 24.3 Å². The molecule has 0 atom stereocenters. The van der Waals surface area contributed by atoms with Crippen molar-refractivity contribution in [3.8, 4) is 0 Å². The van der Waals surface area contributed by atoms with E-state index in [0.29, 0.717) is 33.0 Å². The molecule has 9 nitrogen and oxygen atoms in total. The van der Waals surface area contributed by atoms with Gasteiger partial charge in [-0.15, -0.1) is 0 Å². The molecule has 0 aromatic heterocycles. The molecule has 198 valence electrons. The van der Waals surface area contributed by atoms with Crippen molar-refractivity contribution in [2.75, 3.05) is 11.9 Å². The molecule has 2 heterocycles. The van der Waals surface area contributed by atoms with Gasteiger partial charge in [-0.1, -0.05) is 24.3 Å². The molecule has 0 aliphatic carbocycles. The van der Waals surface area contributed by atoms with Gasteiger partial charge < -0.3 is 9.79 Å². The minimum Gasteiger partial charge on any atom is -0.321 e. The second-order valence-electron chi connectivity index (χ2n) is 10.3. The summed E-state index contributed by atoms with van der Waals surface area (Å²) in [5, 5.41) is 5.60. The summed E-state index contributed by atoms with van der Waals surface area (Å²) in [6.07, 6.45) is 0. The Hall–Kier alpha value is -4.95. The number of fused-ring (bicyclic) bond motifs is 2. The van der Waals surface area contributed by atoms with Crippen molar-refractivity contribution in [1.82, 2.24) is 4.90 Å². The highest BCUT2D eigenvalue weighted by Crippen LogP contribution is 2.46. The van der Waals surface area contributed by atoms with E-state index in [1.165, 1.54) is 31.3 Å². The average molecular weight is 560 g/mol. The zero-order valence-corrected chi connectivity index (χ0v) is 22.1. The molecule has 6 aromatic carbocycles. The van der Waals surface area contributed by atoms with Gasteiger partial charge in [0.1, 0.15) is 0 Å². The molecule has 2 aliphatic heterocycles. The van der Waals surface area contributed by atoms with Gasteiger partial charge >= 0.3 is 7.60 Å². The van der Waals surface area contributed by atoms with Crippen molar-refractivity contribution in [2.24, 2.45) is 0 Å². The Morgan fingerprint density at radius 2 is 0.878 bits per heavy atom. The van der Waals surface area contributed by atoms with Gasteiger partial charge in [-0.3, -0.25) is 28.6 Å². The Morgan fingerprint density at radius 3 is 1.24 bits per heavy atom. The molecule has 0 saturated carbocycles. The van der Waals surface area contributed by atoms with Crippen LogP contribution in [0.15, 0.2) is 72.8 Å². The van der Waals surface area contributed by atoms with Crippen molar-refractivity contribution in [3.05, 3.63) is 95.1 Å². The van der Waals surface area contributed by atoms with E-state index in [1.54, 1.807) is 24.3 Å². The molecule has 0 radical (unpaired) electrons. The number of nitrogens with zero attached hydrogens (tertiary/aromatic N) is 2. The third kappa shape index (κ3) is 2.89. The zero-order chi connectivity index (χ0) is 28.5. The van der Waals surface area contributed by atoms with Gasteiger partial charge in [0.2, 0.25) is 0 Å². The summed E-state index contributed by atoms with van der Waals surface area (Å²) in [4.78, 5) is 74.5. The van der Waals surface area contributed by atoms with Crippen LogP contribution in [0.4, 0.5) is 5.69 Å². The number of carbonyl (C=O) groups is 4. The first-order valence-electron chi connectivity index (χ1n) is 12.7. The molecule has 0 spiro atoms. The first kappa shape index (κ1) is 23.9. The van der Waals surface area contributed by atoms with Crippen molar-refractivity contribution in [2.45, 2.75) is 0 Å². The normalized spacial score (nSPS) is 15.4. The maximum Gasteiger partial charge on any atom is 0.356 e. The number of hydrogen-bond acceptors (Lipinski definition) is 5. The monoisotopic (exact) mass is 560 g/mol. The molecule has 10 heteroatoms. The lowest BCUT2D eigenvalue weighted by Gasteiger charge is -2.29. The van der Waals surface area contributed by atoms with Gasteiger partial charge in [-0.25, -0.2) is 4.90 Å². The van der Waals surface area contributed by atoms with Gasteiger partial charge in [0.15, 0.2) is 0 Å². The molecule has 41 heavy (non-hydrogen) atoms. The molecule has 8 rings (SSSR count). The van der Waals surface area contributed by atoms with Gasteiger partial charge in [-0.2, -0.15) is 0 Å². The lowest BCUT2D eigenvalue weighted by atomic mass is 9.82. The third-order valence-electron chi connectivity index (χ3n) is 8.28. The summed E-state index contributed by atoms with van der Waals surface area (Å²) in [5.74, 6) is -1.84. The Balaban J connectivity index is 1.41. The number of hydrogen-bond donors (Lipinski definition) is 2. The van der Waals surface area contributed by atoms with Crippen molar-refractivity contribution in [3.63, 3.8) is 0 Å². The average Bonchev–Trinajstić information content (AvgIpc) is 2.96. The lowest BCUT2D eigenvalue weighted by molar-refractivity contribution is 0.0649. The van der Waals surface area contributed by atoms with Crippen LogP contribution in [0.25, 0.3) is 43.1 Å². The highest BCUT2D eigenvalue weighted by molar-refractivity contribution is 7.60. The number of benzene rings is 6. The van der Waals surface area contributed by atoms with Crippen molar-refractivity contribution in [1.29, 1.82) is 0 Å². The van der Waals surface area contributed by atoms with Crippen molar-refractivity contribution < 1.29 is 33.5 Å². The molecule has 2 aliphatic rings. The fraction of sp³-hybridized carbons (Fsp3) is 0.0323. The zero-order valence-electron chi connectivity index (χ0n) is 21.2. The third-order valence-corrected chi connectivity index (χ3v) is 9.25. The van der Waals surface area contributed by atoms with Crippen LogP contribution in [-0.4, -0.2) is 45.4 Å². The van der Waals surface area contributed by atoms with E-state index >= 15 is 0 Å². The molecule has 0 unspecified atom stereocenters. The molecule has 0 bridgehead atoms. The van der Waals surface area contributed by atoms with Gasteiger partial charge in [0.05, 0.1) is 11.0 Å². The van der Waals surface area contributed by atoms with E-state index in [0.717, 1.165) is 42.1 Å². The van der Waals surface area contributed by atoms with E-state index in [2.05, 4.69) is 0 Å². The first-order valence-corrected chi connectivity index (χ1v) is 14.3. The maximum absolute atomic E-state index is 13.8. The molecular weight excluding hydrogens is 543 g/mol. The van der Waals surface area contributed by atoms with Crippen LogP contribution >= 0.6 is 7.60 Å². The van der Waals surface area contributed by atoms with Gasteiger partial charge in [0, 0.05) is 40.1 Å². The summed E-state index contributed by atoms with van der Waals surface area (Å²) < 4.78 is 11.6. The smallest absolute Gasteiger partial charge is 0.321 e. The second-order valence-corrected chi connectivity index (χ2v) is 11.9. The summed E-state index contributed by atoms with van der Waals surface area (Å²) in [6.45, 7) is 0. The summed E-state index contributed by atoms with van der Waals surface area (Å²) >= 11 is 0. The fourth-order valence-electron chi connectivity index (χ4n) is 6.42. The molecule has 6 aromatic rings. The standard InChI is InChI=1S/C31H17N2O7P/c1-32-28(34)20-10-6-16-18-8-12-22-27-23(31(37)33(30(22)36)14-2-4-15(5-3-14)41(38,39)40)13-9-19(25(18)27)17-7-11-21(29(32)35)26(20)24(16)17/h2-13H,1H3,(H2,38,39,40). The van der Waals surface area contributed by atoms with Crippen molar-refractivity contribution >= 4 is 85.3 Å². The predicted octanol–water partition coefficient (Wildman–Crippen LogP) is 4.57. The quantitative estimate of drug-likeness (QED) is 0.137. The SMILES string of the molecule is CN1C(=O)c2ccc3c4ccc5c6c(ccc(c7ccc(c2c37)C1=O)c64)C(=O)N(c1ccc(P(=O)(O)O)cc1)C5=O. The molecule has 4 amide bonds. The Kier molecular flexibility index (Phi) is 4.44. The topological polar surface area (TPSA) is 132 Å². The summed E-state index contributed by atoms with van der Waals surface area (Å²) in [7, 11) is -3.03. The predicted molar refractivity (Wildman–Crippen MR) is 153 cm³/mol. The Labute approximate surface area is 230 Å². The minimum absolute atomic E-state index is 0.195. The summed E-state index contributed by atoms with van der Waals surface area (Å²) in [5.41, 5.74) is 1.73. The molecular formula is C31H17N2O7P. The minimum atomic E-state index is -4.49. The highest BCUT2D eigenvalue weighted by Gasteiger charge is 2.37. The van der Waals surface area contributed by atoms with Crippen LogP contribution in [0.1, 0.15) is 41.4 Å². The second kappa shape index (κ2) is 7.62. The number of anilines is 1. The van der Waals surface area contributed by atoms with E-state index in [-0.39, 0.29) is 22.8 Å². The van der Waals surface area contributed by atoms with E-state index in [4.69, 9.17) is 0 Å². The van der Waals surface area contributed by atoms with Crippen LogP contribution in [0, 0.1) is 0 Å². The Morgan fingerprint density at radius 1 is 0.512 bits per heavy atom. The number of imide groups is 2. The lowest BCUT2D eigenvalue weighted by Crippen LogP contribution is -2.40. The number of carbonyl (C=O) groups excluding carboxylic acids is 4. The molecule has 0 fully saturated rings. The summed E-state index contributed by atoms with van der Waals surface area (Å²) in [6, 6.07) is 19.2. The van der Waals surface area contributed by atoms with Crippen LogP contribution < -0.4 is 10.2 Å². The van der Waals surface area contributed by atoms with E-state index in [9.17, 15) is 33.5 Å². The number of amides is 4. The van der Waals surface area contributed by atoms with Crippen LogP contribution in [0.3, 0.4) is 0 Å². The first-order chi connectivity index (χ1) is 19.6. The fourth-order valence-corrected chi connectivity index (χ4v) is 6.96. The van der Waals surface area contributed by atoms with E-state index < -0.39 is 19.4 Å². The van der Waals surface area contributed by atoms with Gasteiger partial charge in [-0.05, 0) is 80.8 Å². The number of rotatable bonds is 2. The van der Waals surface area contributed by atoms with Gasteiger partial charge in [0.25, 0.3) is 23.6 Å². The molecule has 2 N–H and O–H groups in total. The maximum atomic E-state index is 13.8. The molecule has 0 saturated heterocycles. The van der Waals surface area contributed by atoms with Crippen LogP contribution in [0.5, 0.6) is 0 Å². The highest BCUT2D eigenvalue weighted by atomic mass is 31.2. The van der Waals surface area contributed by atoms with Crippen LogP contribution in [-0.2, 0) is 4.57 Å². The van der Waals surface area contributed by atoms with Crippen LogP contribution in [0.2, 0.25) is 0 Å².